The summed E-state index contributed by atoms with van der Waals surface area (Å²) in [5.74, 6) is 0.904. The highest BCUT2D eigenvalue weighted by Crippen LogP contribution is 1.99. The van der Waals surface area contributed by atoms with Crippen LogP contribution in [0.1, 0.15) is 12.7 Å². The Morgan fingerprint density at radius 3 is 3.00 bits per heavy atom. The molecule has 4 heteroatoms. The Morgan fingerprint density at radius 2 is 2.43 bits per heavy atom. The first-order chi connectivity index (χ1) is 6.74. The van der Waals surface area contributed by atoms with Crippen molar-refractivity contribution >= 4 is 5.91 Å². The van der Waals surface area contributed by atoms with Gasteiger partial charge in [-0.25, -0.2) is 0 Å². The van der Waals surface area contributed by atoms with Gasteiger partial charge in [-0.1, -0.05) is 0 Å². The highest BCUT2D eigenvalue weighted by Gasteiger charge is 2.08. The largest absolute Gasteiger partial charge is 0.469 e. The Bertz CT molecular complexity index is 270. The van der Waals surface area contributed by atoms with Crippen LogP contribution in [0.3, 0.4) is 0 Å². The van der Waals surface area contributed by atoms with Gasteiger partial charge >= 0.3 is 0 Å². The normalized spacial score (nSPS) is 12.4. The molecule has 1 aromatic heterocycles. The van der Waals surface area contributed by atoms with Gasteiger partial charge in [-0.3, -0.25) is 4.79 Å². The molecular weight excluding hydrogens is 180 g/mol. The SMILES string of the molecule is CNC(C)C(=O)NCCc1ccco1. The molecule has 0 aromatic carbocycles. The lowest BCUT2D eigenvalue weighted by Crippen LogP contribution is -2.41. The van der Waals surface area contributed by atoms with E-state index in [-0.39, 0.29) is 11.9 Å². The van der Waals surface area contributed by atoms with E-state index < -0.39 is 0 Å². The molecule has 0 radical (unpaired) electrons. The van der Waals surface area contributed by atoms with E-state index in [1.807, 2.05) is 19.1 Å². The van der Waals surface area contributed by atoms with E-state index in [4.69, 9.17) is 4.42 Å². The van der Waals surface area contributed by atoms with E-state index in [1.54, 1.807) is 13.3 Å². The van der Waals surface area contributed by atoms with Crippen LogP contribution in [0.25, 0.3) is 0 Å². The number of carbonyl (C=O) groups excluding carboxylic acids is 1. The van der Waals surface area contributed by atoms with Crippen LogP contribution in [0.5, 0.6) is 0 Å². The van der Waals surface area contributed by atoms with E-state index in [1.165, 1.54) is 0 Å². The first kappa shape index (κ1) is 10.8. The van der Waals surface area contributed by atoms with Crippen molar-refractivity contribution in [3.63, 3.8) is 0 Å². The third-order valence-corrected chi connectivity index (χ3v) is 2.08. The number of rotatable bonds is 5. The predicted octanol–water partition coefficient (Wildman–Crippen LogP) is 0.546. The quantitative estimate of drug-likeness (QED) is 0.723. The zero-order chi connectivity index (χ0) is 10.4. The number of furan rings is 1. The van der Waals surface area contributed by atoms with Crippen LogP contribution >= 0.6 is 0 Å². The van der Waals surface area contributed by atoms with Crippen molar-refractivity contribution in [3.8, 4) is 0 Å². The molecule has 1 rings (SSSR count). The minimum atomic E-state index is -0.147. The standard InChI is InChI=1S/C10H16N2O2/c1-8(11-2)10(13)12-6-5-9-4-3-7-14-9/h3-4,7-8,11H,5-6H2,1-2H3,(H,12,13). The fourth-order valence-corrected chi connectivity index (χ4v) is 1.05. The summed E-state index contributed by atoms with van der Waals surface area (Å²) >= 11 is 0. The highest BCUT2D eigenvalue weighted by molar-refractivity contribution is 5.81. The molecule has 1 aromatic rings. The van der Waals surface area contributed by atoms with Crippen molar-refractivity contribution in [2.24, 2.45) is 0 Å². The van der Waals surface area contributed by atoms with E-state index in [9.17, 15) is 4.79 Å². The van der Waals surface area contributed by atoms with Crippen LogP contribution in [0.15, 0.2) is 22.8 Å². The van der Waals surface area contributed by atoms with Crippen molar-refractivity contribution in [2.45, 2.75) is 19.4 Å². The van der Waals surface area contributed by atoms with Crippen molar-refractivity contribution in [1.29, 1.82) is 0 Å². The molecule has 0 saturated carbocycles. The zero-order valence-electron chi connectivity index (χ0n) is 8.54. The van der Waals surface area contributed by atoms with Gasteiger partial charge in [0.25, 0.3) is 0 Å². The van der Waals surface area contributed by atoms with Gasteiger partial charge in [-0.05, 0) is 26.1 Å². The van der Waals surface area contributed by atoms with Crippen LogP contribution in [-0.4, -0.2) is 25.5 Å². The van der Waals surface area contributed by atoms with Crippen LogP contribution in [-0.2, 0) is 11.2 Å². The molecule has 1 unspecified atom stereocenters. The molecule has 14 heavy (non-hydrogen) atoms. The summed E-state index contributed by atoms with van der Waals surface area (Å²) in [6, 6.07) is 3.59. The topological polar surface area (TPSA) is 54.3 Å². The second kappa shape index (κ2) is 5.44. The second-order valence-electron chi connectivity index (χ2n) is 3.13. The van der Waals surface area contributed by atoms with Gasteiger partial charge in [0, 0.05) is 13.0 Å². The number of hydrogen-bond acceptors (Lipinski definition) is 3. The number of carbonyl (C=O) groups is 1. The molecule has 2 N–H and O–H groups in total. The number of nitrogens with one attached hydrogen (secondary N) is 2. The maximum atomic E-state index is 11.3. The van der Waals surface area contributed by atoms with Gasteiger partial charge in [0.2, 0.25) is 5.91 Å². The molecule has 0 bridgehead atoms. The van der Waals surface area contributed by atoms with Crippen molar-refractivity contribution in [3.05, 3.63) is 24.2 Å². The number of hydrogen-bond donors (Lipinski definition) is 2. The summed E-state index contributed by atoms with van der Waals surface area (Å²) in [5.41, 5.74) is 0. The van der Waals surface area contributed by atoms with E-state index in [0.717, 1.165) is 12.2 Å². The van der Waals surface area contributed by atoms with E-state index in [2.05, 4.69) is 10.6 Å². The van der Waals surface area contributed by atoms with E-state index in [0.29, 0.717) is 6.54 Å². The van der Waals surface area contributed by atoms with Gasteiger partial charge in [0.05, 0.1) is 12.3 Å². The van der Waals surface area contributed by atoms with Gasteiger partial charge in [0.15, 0.2) is 0 Å². The van der Waals surface area contributed by atoms with Gasteiger partial charge < -0.3 is 15.1 Å². The first-order valence-corrected chi connectivity index (χ1v) is 4.71. The number of amides is 1. The average molecular weight is 196 g/mol. The first-order valence-electron chi connectivity index (χ1n) is 4.71. The fraction of sp³-hybridized carbons (Fsp3) is 0.500. The lowest BCUT2D eigenvalue weighted by atomic mass is 10.3. The third kappa shape index (κ3) is 3.22. The lowest BCUT2D eigenvalue weighted by Gasteiger charge is -2.09. The molecular formula is C10H16N2O2. The minimum Gasteiger partial charge on any atom is -0.469 e. The van der Waals surface area contributed by atoms with Crippen molar-refractivity contribution < 1.29 is 9.21 Å². The highest BCUT2D eigenvalue weighted by atomic mass is 16.3. The molecule has 1 heterocycles. The molecule has 0 saturated heterocycles. The summed E-state index contributed by atoms with van der Waals surface area (Å²) in [5, 5.41) is 5.68. The van der Waals surface area contributed by atoms with Crippen molar-refractivity contribution in [2.75, 3.05) is 13.6 Å². The Morgan fingerprint density at radius 1 is 1.64 bits per heavy atom. The Hall–Kier alpha value is -1.29. The number of likely N-dealkylation sites (N-methyl/N-ethyl adjacent to an activating group) is 1. The summed E-state index contributed by atoms with van der Waals surface area (Å²) < 4.78 is 5.14. The van der Waals surface area contributed by atoms with Gasteiger partial charge in [-0.2, -0.15) is 0 Å². The Kier molecular flexibility index (Phi) is 4.19. The van der Waals surface area contributed by atoms with Gasteiger partial charge in [0.1, 0.15) is 5.76 Å². The second-order valence-corrected chi connectivity index (χ2v) is 3.13. The van der Waals surface area contributed by atoms with E-state index >= 15 is 0 Å². The zero-order valence-corrected chi connectivity index (χ0v) is 8.54. The smallest absolute Gasteiger partial charge is 0.236 e. The Balaban J connectivity index is 2.18. The summed E-state index contributed by atoms with van der Waals surface area (Å²) in [6.07, 6.45) is 2.36. The molecule has 0 aliphatic rings. The lowest BCUT2D eigenvalue weighted by molar-refractivity contribution is -0.122. The molecule has 0 aliphatic heterocycles. The molecule has 0 aliphatic carbocycles. The maximum absolute atomic E-state index is 11.3. The monoisotopic (exact) mass is 196 g/mol. The predicted molar refractivity (Wildman–Crippen MR) is 53.9 cm³/mol. The fourth-order valence-electron chi connectivity index (χ4n) is 1.05. The molecule has 1 amide bonds. The maximum Gasteiger partial charge on any atom is 0.236 e. The molecule has 0 fully saturated rings. The minimum absolute atomic E-state index is 0.0130. The van der Waals surface area contributed by atoms with Crippen molar-refractivity contribution in [1.82, 2.24) is 10.6 Å². The summed E-state index contributed by atoms with van der Waals surface area (Å²) in [6.45, 7) is 2.43. The average Bonchev–Trinajstić information content (AvgIpc) is 2.69. The third-order valence-electron chi connectivity index (χ3n) is 2.08. The van der Waals surface area contributed by atoms with Crippen LogP contribution in [0, 0.1) is 0 Å². The molecule has 0 spiro atoms. The molecule has 4 nitrogen and oxygen atoms in total. The van der Waals surface area contributed by atoms with Crippen LogP contribution < -0.4 is 10.6 Å². The molecule has 1 atom stereocenters. The van der Waals surface area contributed by atoms with Crippen LogP contribution in [0.4, 0.5) is 0 Å². The van der Waals surface area contributed by atoms with Crippen LogP contribution in [0.2, 0.25) is 0 Å². The summed E-state index contributed by atoms with van der Waals surface area (Å²) in [7, 11) is 1.76. The summed E-state index contributed by atoms with van der Waals surface area (Å²) in [4.78, 5) is 11.3. The Labute approximate surface area is 83.7 Å². The molecule has 78 valence electrons. The van der Waals surface area contributed by atoms with Gasteiger partial charge in [-0.15, -0.1) is 0 Å².